The number of hydrogen-bond acceptors (Lipinski definition) is 5. The lowest BCUT2D eigenvalue weighted by Gasteiger charge is -2.12. The van der Waals surface area contributed by atoms with Crippen molar-refractivity contribution in [1.82, 2.24) is 15.0 Å². The van der Waals surface area contributed by atoms with Crippen molar-refractivity contribution in [3.05, 3.63) is 29.3 Å². The molecule has 2 N–H and O–H groups in total. The molecule has 0 unspecified atom stereocenters. The van der Waals surface area contributed by atoms with Crippen LogP contribution in [0.1, 0.15) is 5.56 Å². The number of anilines is 2. The van der Waals surface area contributed by atoms with Gasteiger partial charge in [0.05, 0.1) is 5.56 Å². The maximum absolute atomic E-state index is 14.0. The van der Waals surface area contributed by atoms with Gasteiger partial charge in [-0.1, -0.05) is 6.07 Å². The van der Waals surface area contributed by atoms with E-state index >= 15 is 0 Å². The first-order valence-corrected chi connectivity index (χ1v) is 5.54. The lowest BCUT2D eigenvalue weighted by molar-refractivity contribution is 0.581. The minimum atomic E-state index is -0.738. The molecule has 0 amide bonds. The number of nitrogen functional groups attached to an aromatic ring is 1. The third kappa shape index (κ3) is 2.44. The van der Waals surface area contributed by atoms with Gasteiger partial charge in [-0.15, -0.1) is 0 Å². The van der Waals surface area contributed by atoms with Gasteiger partial charge in [0.2, 0.25) is 11.9 Å². The van der Waals surface area contributed by atoms with E-state index in [-0.39, 0.29) is 23.3 Å². The number of rotatable bonds is 2. The van der Waals surface area contributed by atoms with Crippen LogP contribution in [-0.4, -0.2) is 29.0 Å². The van der Waals surface area contributed by atoms with Crippen LogP contribution in [0.3, 0.4) is 0 Å². The minimum absolute atomic E-state index is 0.0889. The van der Waals surface area contributed by atoms with Crippen molar-refractivity contribution in [1.29, 1.82) is 0 Å². The molecule has 1 aromatic carbocycles. The zero-order valence-corrected chi connectivity index (χ0v) is 10.8. The van der Waals surface area contributed by atoms with Crippen LogP contribution in [0.4, 0.5) is 20.7 Å². The van der Waals surface area contributed by atoms with Crippen molar-refractivity contribution in [2.24, 2.45) is 0 Å². The summed E-state index contributed by atoms with van der Waals surface area (Å²) in [6.07, 6.45) is 0. The monoisotopic (exact) mass is 265 g/mol. The van der Waals surface area contributed by atoms with E-state index in [1.54, 1.807) is 19.0 Å². The van der Waals surface area contributed by atoms with Crippen LogP contribution in [0.25, 0.3) is 11.4 Å². The Morgan fingerprint density at radius 2 is 1.79 bits per heavy atom. The molecule has 0 aliphatic heterocycles. The highest BCUT2D eigenvalue weighted by Crippen LogP contribution is 2.26. The lowest BCUT2D eigenvalue weighted by atomic mass is 10.1. The Hall–Kier alpha value is -2.31. The SMILES string of the molecule is Cc1ccc(F)c(-c2nc(N)nc(N(C)C)n2)c1F. The normalized spacial score (nSPS) is 10.6. The predicted octanol–water partition coefficient (Wildman–Crippen LogP) is 1.77. The van der Waals surface area contributed by atoms with Gasteiger partial charge < -0.3 is 10.6 Å². The van der Waals surface area contributed by atoms with Crippen LogP contribution in [0.5, 0.6) is 0 Å². The number of hydrogen-bond donors (Lipinski definition) is 1. The highest BCUT2D eigenvalue weighted by molar-refractivity contribution is 5.60. The van der Waals surface area contributed by atoms with Crippen molar-refractivity contribution < 1.29 is 8.78 Å². The summed E-state index contributed by atoms with van der Waals surface area (Å²) >= 11 is 0. The molecular formula is C12H13F2N5. The van der Waals surface area contributed by atoms with E-state index in [1.165, 1.54) is 19.1 Å². The highest BCUT2D eigenvalue weighted by Gasteiger charge is 2.18. The van der Waals surface area contributed by atoms with Crippen LogP contribution in [-0.2, 0) is 0 Å². The second-order valence-corrected chi connectivity index (χ2v) is 4.26. The molecule has 0 saturated heterocycles. The van der Waals surface area contributed by atoms with Crippen LogP contribution >= 0.6 is 0 Å². The summed E-state index contributed by atoms with van der Waals surface area (Å²) in [5, 5.41) is 0. The Morgan fingerprint density at radius 3 is 2.42 bits per heavy atom. The molecule has 100 valence electrons. The smallest absolute Gasteiger partial charge is 0.230 e. The lowest BCUT2D eigenvalue weighted by Crippen LogP contribution is -2.15. The van der Waals surface area contributed by atoms with Gasteiger partial charge in [-0.25, -0.2) is 8.78 Å². The summed E-state index contributed by atoms with van der Waals surface area (Å²) < 4.78 is 27.8. The number of aromatic nitrogens is 3. The largest absolute Gasteiger partial charge is 0.368 e. The maximum Gasteiger partial charge on any atom is 0.230 e. The molecule has 0 radical (unpaired) electrons. The van der Waals surface area contributed by atoms with E-state index in [0.29, 0.717) is 5.56 Å². The fraction of sp³-hybridized carbons (Fsp3) is 0.250. The summed E-state index contributed by atoms with van der Waals surface area (Å²) in [5.41, 5.74) is 5.55. The Bertz CT molecular complexity index is 628. The summed E-state index contributed by atoms with van der Waals surface area (Å²) in [7, 11) is 3.39. The van der Waals surface area contributed by atoms with E-state index in [2.05, 4.69) is 15.0 Å². The fourth-order valence-electron chi connectivity index (χ4n) is 1.55. The molecule has 1 heterocycles. The van der Waals surface area contributed by atoms with Crippen molar-refractivity contribution >= 4 is 11.9 Å². The average Bonchev–Trinajstić information content (AvgIpc) is 2.34. The number of aryl methyl sites for hydroxylation is 1. The van der Waals surface area contributed by atoms with Crippen molar-refractivity contribution in [3.63, 3.8) is 0 Å². The van der Waals surface area contributed by atoms with Crippen LogP contribution < -0.4 is 10.6 Å². The summed E-state index contributed by atoms with van der Waals surface area (Å²) in [6.45, 7) is 1.54. The molecular weight excluding hydrogens is 252 g/mol. The highest BCUT2D eigenvalue weighted by atomic mass is 19.1. The van der Waals surface area contributed by atoms with Gasteiger partial charge in [0, 0.05) is 14.1 Å². The molecule has 5 nitrogen and oxygen atoms in total. The fourth-order valence-corrected chi connectivity index (χ4v) is 1.55. The second kappa shape index (κ2) is 4.75. The molecule has 0 aliphatic rings. The zero-order valence-electron chi connectivity index (χ0n) is 10.8. The predicted molar refractivity (Wildman–Crippen MR) is 68.7 cm³/mol. The molecule has 0 bridgehead atoms. The van der Waals surface area contributed by atoms with Gasteiger partial charge in [0.1, 0.15) is 11.6 Å². The zero-order chi connectivity index (χ0) is 14.2. The van der Waals surface area contributed by atoms with E-state index in [0.717, 1.165) is 0 Å². The molecule has 19 heavy (non-hydrogen) atoms. The van der Waals surface area contributed by atoms with Gasteiger partial charge in [0.15, 0.2) is 5.82 Å². The third-order valence-corrected chi connectivity index (χ3v) is 2.55. The van der Waals surface area contributed by atoms with Crippen molar-refractivity contribution in [2.75, 3.05) is 24.7 Å². The molecule has 7 heteroatoms. The number of halogens is 2. The first-order valence-electron chi connectivity index (χ1n) is 5.54. The van der Waals surface area contributed by atoms with Crippen LogP contribution in [0.15, 0.2) is 12.1 Å². The van der Waals surface area contributed by atoms with E-state index in [1.807, 2.05) is 0 Å². The van der Waals surface area contributed by atoms with Crippen LogP contribution in [0, 0.1) is 18.6 Å². The van der Waals surface area contributed by atoms with Crippen LogP contribution in [0.2, 0.25) is 0 Å². The molecule has 1 aromatic heterocycles. The number of nitrogens with zero attached hydrogens (tertiary/aromatic N) is 4. The Morgan fingerprint density at radius 1 is 1.11 bits per heavy atom. The standard InChI is InChI=1S/C12H13F2N5/c1-6-4-5-7(13)8(9(6)14)10-16-11(15)18-12(17-10)19(2)3/h4-5H,1-3H3,(H2,15,16,17,18). The first kappa shape index (κ1) is 13.1. The Kier molecular flexibility index (Phi) is 3.28. The molecule has 0 saturated carbocycles. The Labute approximate surface area is 109 Å². The summed E-state index contributed by atoms with van der Waals surface area (Å²) in [5.74, 6) is -1.40. The van der Waals surface area contributed by atoms with Crippen molar-refractivity contribution in [3.8, 4) is 11.4 Å². The molecule has 0 aliphatic carbocycles. The molecule has 0 fully saturated rings. The van der Waals surface area contributed by atoms with Gasteiger partial charge in [0.25, 0.3) is 0 Å². The Balaban J connectivity index is 2.69. The summed E-state index contributed by atoms with van der Waals surface area (Å²) in [4.78, 5) is 13.3. The second-order valence-electron chi connectivity index (χ2n) is 4.26. The third-order valence-electron chi connectivity index (χ3n) is 2.55. The van der Waals surface area contributed by atoms with Gasteiger partial charge in [-0.05, 0) is 18.6 Å². The van der Waals surface area contributed by atoms with Gasteiger partial charge in [-0.2, -0.15) is 15.0 Å². The number of benzene rings is 1. The quantitative estimate of drug-likeness (QED) is 0.896. The molecule has 0 spiro atoms. The van der Waals surface area contributed by atoms with E-state index in [4.69, 9.17) is 5.73 Å². The first-order chi connectivity index (χ1) is 8.90. The number of nitrogens with two attached hydrogens (primary N) is 1. The van der Waals surface area contributed by atoms with E-state index in [9.17, 15) is 8.78 Å². The maximum atomic E-state index is 14.0. The topological polar surface area (TPSA) is 67.9 Å². The average molecular weight is 265 g/mol. The molecule has 0 atom stereocenters. The molecule has 2 aromatic rings. The van der Waals surface area contributed by atoms with E-state index < -0.39 is 11.6 Å². The van der Waals surface area contributed by atoms with Crippen molar-refractivity contribution in [2.45, 2.75) is 6.92 Å². The van der Waals surface area contributed by atoms with Gasteiger partial charge >= 0.3 is 0 Å². The summed E-state index contributed by atoms with van der Waals surface area (Å²) in [6, 6.07) is 2.52. The minimum Gasteiger partial charge on any atom is -0.368 e. The molecule has 2 rings (SSSR count). The van der Waals surface area contributed by atoms with Gasteiger partial charge in [-0.3, -0.25) is 0 Å².